The Morgan fingerprint density at radius 3 is 3.06 bits per heavy atom. The molecule has 0 saturated heterocycles. The summed E-state index contributed by atoms with van der Waals surface area (Å²) in [5.74, 6) is 0.841. The molecule has 0 radical (unpaired) electrons. The number of nitrogens with one attached hydrogen (secondary N) is 1. The van der Waals surface area contributed by atoms with Gasteiger partial charge in [-0.2, -0.15) is 5.10 Å². The standard InChI is InChI=1S/C11H9N5S2/c17-11-15-14-10(9-2-1-5-18-9)16(11)6-8-3-4-12-7-13-8/h1-5,7H,6H2,(H,15,17). The van der Waals surface area contributed by atoms with Crippen molar-refractivity contribution in [3.63, 3.8) is 0 Å². The van der Waals surface area contributed by atoms with E-state index in [-0.39, 0.29) is 0 Å². The maximum atomic E-state index is 5.25. The molecule has 3 heterocycles. The molecule has 1 N–H and O–H groups in total. The number of rotatable bonds is 3. The maximum Gasteiger partial charge on any atom is 0.195 e. The molecule has 0 bridgehead atoms. The number of aromatic amines is 1. The van der Waals surface area contributed by atoms with E-state index in [4.69, 9.17) is 12.2 Å². The van der Waals surface area contributed by atoms with E-state index in [1.165, 1.54) is 6.33 Å². The van der Waals surface area contributed by atoms with Gasteiger partial charge in [0, 0.05) is 6.20 Å². The Kier molecular flexibility index (Phi) is 2.99. The largest absolute Gasteiger partial charge is 0.293 e. The highest BCUT2D eigenvalue weighted by Gasteiger charge is 2.10. The molecule has 0 atom stereocenters. The van der Waals surface area contributed by atoms with Crippen LogP contribution in [-0.4, -0.2) is 24.7 Å². The highest BCUT2D eigenvalue weighted by molar-refractivity contribution is 7.71. The van der Waals surface area contributed by atoms with E-state index in [1.54, 1.807) is 17.5 Å². The van der Waals surface area contributed by atoms with Crippen LogP contribution < -0.4 is 0 Å². The van der Waals surface area contributed by atoms with Gasteiger partial charge in [-0.25, -0.2) is 9.97 Å². The zero-order chi connectivity index (χ0) is 12.4. The summed E-state index contributed by atoms with van der Waals surface area (Å²) in [5.41, 5.74) is 0.903. The summed E-state index contributed by atoms with van der Waals surface area (Å²) >= 11 is 6.88. The lowest BCUT2D eigenvalue weighted by atomic mass is 10.4. The summed E-state index contributed by atoms with van der Waals surface area (Å²) in [6, 6.07) is 5.88. The fourth-order valence-corrected chi connectivity index (χ4v) is 2.55. The maximum absolute atomic E-state index is 5.25. The highest BCUT2D eigenvalue weighted by Crippen LogP contribution is 2.23. The molecule has 3 aromatic rings. The minimum absolute atomic E-state index is 0.588. The van der Waals surface area contributed by atoms with Gasteiger partial charge in [-0.3, -0.25) is 9.67 Å². The zero-order valence-electron chi connectivity index (χ0n) is 9.28. The molecule has 18 heavy (non-hydrogen) atoms. The molecule has 0 fully saturated rings. The zero-order valence-corrected chi connectivity index (χ0v) is 10.9. The monoisotopic (exact) mass is 275 g/mol. The van der Waals surface area contributed by atoms with Crippen molar-refractivity contribution in [2.24, 2.45) is 0 Å². The molecular weight excluding hydrogens is 266 g/mol. The first kappa shape index (κ1) is 11.2. The van der Waals surface area contributed by atoms with Crippen LogP contribution in [0.5, 0.6) is 0 Å². The van der Waals surface area contributed by atoms with Crippen LogP contribution in [0, 0.1) is 4.77 Å². The van der Waals surface area contributed by atoms with Crippen molar-refractivity contribution in [3.8, 4) is 10.7 Å². The third-order valence-electron chi connectivity index (χ3n) is 2.46. The molecule has 5 nitrogen and oxygen atoms in total. The van der Waals surface area contributed by atoms with E-state index < -0.39 is 0 Å². The van der Waals surface area contributed by atoms with Crippen LogP contribution in [0.1, 0.15) is 5.69 Å². The van der Waals surface area contributed by atoms with Crippen LogP contribution >= 0.6 is 23.6 Å². The Morgan fingerprint density at radius 1 is 1.39 bits per heavy atom. The van der Waals surface area contributed by atoms with Gasteiger partial charge in [0.25, 0.3) is 0 Å². The van der Waals surface area contributed by atoms with Gasteiger partial charge < -0.3 is 0 Å². The molecule has 0 spiro atoms. The topological polar surface area (TPSA) is 59.4 Å². The Bertz CT molecular complexity index is 684. The summed E-state index contributed by atoms with van der Waals surface area (Å²) in [6.45, 7) is 0.588. The number of nitrogens with zero attached hydrogens (tertiary/aromatic N) is 4. The summed E-state index contributed by atoms with van der Waals surface area (Å²) in [5, 5.41) is 9.11. The minimum Gasteiger partial charge on any atom is -0.293 e. The number of thiophene rings is 1. The van der Waals surface area contributed by atoms with Gasteiger partial charge in [-0.1, -0.05) is 6.07 Å². The second kappa shape index (κ2) is 4.79. The van der Waals surface area contributed by atoms with Gasteiger partial charge in [0.2, 0.25) is 0 Å². The highest BCUT2D eigenvalue weighted by atomic mass is 32.1. The summed E-state index contributed by atoms with van der Waals surface area (Å²) in [7, 11) is 0. The van der Waals surface area contributed by atoms with E-state index in [9.17, 15) is 0 Å². The summed E-state index contributed by atoms with van der Waals surface area (Å²) in [4.78, 5) is 9.18. The first-order valence-corrected chi connectivity index (χ1v) is 6.57. The van der Waals surface area contributed by atoms with E-state index in [2.05, 4.69) is 20.2 Å². The minimum atomic E-state index is 0.588. The normalized spacial score (nSPS) is 10.7. The molecule has 90 valence electrons. The Morgan fingerprint density at radius 2 is 2.33 bits per heavy atom. The molecule has 0 aliphatic carbocycles. The molecule has 0 amide bonds. The van der Waals surface area contributed by atoms with Crippen LogP contribution in [0.3, 0.4) is 0 Å². The first-order valence-electron chi connectivity index (χ1n) is 5.28. The molecule has 0 aliphatic heterocycles. The van der Waals surface area contributed by atoms with Gasteiger partial charge >= 0.3 is 0 Å². The molecule has 3 aromatic heterocycles. The molecule has 7 heteroatoms. The first-order chi connectivity index (χ1) is 8.84. The predicted octanol–water partition coefficient (Wildman–Crippen LogP) is 2.51. The Balaban J connectivity index is 2.02. The molecule has 0 aliphatic rings. The van der Waals surface area contributed by atoms with Crippen molar-refractivity contribution in [3.05, 3.63) is 46.6 Å². The van der Waals surface area contributed by atoms with E-state index in [0.717, 1.165) is 16.4 Å². The number of hydrogen-bond donors (Lipinski definition) is 1. The number of aromatic nitrogens is 5. The van der Waals surface area contributed by atoms with Gasteiger partial charge in [0.15, 0.2) is 10.6 Å². The molecular formula is C11H9N5S2. The van der Waals surface area contributed by atoms with Crippen molar-refractivity contribution in [1.82, 2.24) is 24.7 Å². The Labute approximate surface area is 112 Å². The van der Waals surface area contributed by atoms with Crippen LogP contribution in [0.25, 0.3) is 10.7 Å². The molecule has 0 aromatic carbocycles. The lowest BCUT2D eigenvalue weighted by Crippen LogP contribution is -2.03. The van der Waals surface area contributed by atoms with Gasteiger partial charge in [0.05, 0.1) is 17.1 Å². The second-order valence-electron chi connectivity index (χ2n) is 3.62. The number of hydrogen-bond acceptors (Lipinski definition) is 5. The third kappa shape index (κ3) is 2.09. The van der Waals surface area contributed by atoms with Gasteiger partial charge in [-0.05, 0) is 29.7 Å². The van der Waals surface area contributed by atoms with Crippen molar-refractivity contribution in [2.75, 3.05) is 0 Å². The Hall–Kier alpha value is -1.86. The van der Waals surface area contributed by atoms with Gasteiger partial charge in [-0.15, -0.1) is 11.3 Å². The quantitative estimate of drug-likeness (QED) is 0.746. The van der Waals surface area contributed by atoms with E-state index in [1.807, 2.05) is 28.1 Å². The van der Waals surface area contributed by atoms with Gasteiger partial charge in [0.1, 0.15) is 6.33 Å². The van der Waals surface area contributed by atoms with Crippen LogP contribution in [-0.2, 0) is 6.54 Å². The lowest BCUT2D eigenvalue weighted by molar-refractivity contribution is 0.764. The second-order valence-corrected chi connectivity index (χ2v) is 4.95. The van der Waals surface area contributed by atoms with Crippen LogP contribution in [0.2, 0.25) is 0 Å². The number of H-pyrrole nitrogens is 1. The van der Waals surface area contributed by atoms with Crippen molar-refractivity contribution < 1.29 is 0 Å². The van der Waals surface area contributed by atoms with Crippen molar-refractivity contribution in [2.45, 2.75) is 6.54 Å². The third-order valence-corrected chi connectivity index (χ3v) is 3.64. The van der Waals surface area contributed by atoms with Crippen LogP contribution in [0.15, 0.2) is 36.1 Å². The predicted molar refractivity (Wildman–Crippen MR) is 71.9 cm³/mol. The SMILES string of the molecule is S=c1[nH]nc(-c2cccs2)n1Cc1ccncn1. The van der Waals surface area contributed by atoms with E-state index in [0.29, 0.717) is 11.3 Å². The smallest absolute Gasteiger partial charge is 0.195 e. The fourth-order valence-electron chi connectivity index (χ4n) is 1.63. The average Bonchev–Trinajstić information content (AvgIpc) is 3.02. The molecule has 0 saturated carbocycles. The van der Waals surface area contributed by atoms with Crippen LogP contribution in [0.4, 0.5) is 0 Å². The summed E-state index contributed by atoms with van der Waals surface area (Å²) in [6.07, 6.45) is 3.25. The summed E-state index contributed by atoms with van der Waals surface area (Å²) < 4.78 is 2.53. The van der Waals surface area contributed by atoms with Crippen molar-refractivity contribution >= 4 is 23.6 Å². The van der Waals surface area contributed by atoms with Crippen molar-refractivity contribution in [1.29, 1.82) is 0 Å². The average molecular weight is 275 g/mol. The lowest BCUT2D eigenvalue weighted by Gasteiger charge is -2.04. The molecule has 0 unspecified atom stereocenters. The molecule has 3 rings (SSSR count). The van der Waals surface area contributed by atoms with E-state index >= 15 is 0 Å². The fraction of sp³-hybridized carbons (Fsp3) is 0.0909.